The van der Waals surface area contributed by atoms with Crippen molar-refractivity contribution in [1.82, 2.24) is 4.90 Å². The molecule has 2 aliphatic rings. The average molecular weight is 616 g/mol. The molecule has 0 aromatic heterocycles. The number of non-ortho nitro benzene ring substituents is 1. The number of ether oxygens (including phenoxy) is 2. The molecule has 5 rings (SSSR count). The van der Waals surface area contributed by atoms with E-state index >= 15 is 0 Å². The lowest BCUT2D eigenvalue weighted by atomic mass is 10.0. The zero-order valence-electron chi connectivity index (χ0n) is 24.3. The van der Waals surface area contributed by atoms with E-state index in [-0.39, 0.29) is 22.3 Å². The minimum Gasteiger partial charge on any atom is -0.497 e. The van der Waals surface area contributed by atoms with Gasteiger partial charge in [-0.05, 0) is 72.9 Å². The van der Waals surface area contributed by atoms with Crippen LogP contribution < -0.4 is 24.2 Å². The van der Waals surface area contributed by atoms with Gasteiger partial charge in [0.2, 0.25) is 5.91 Å². The third kappa shape index (κ3) is 5.81. The van der Waals surface area contributed by atoms with Gasteiger partial charge in [0.15, 0.2) is 5.11 Å². The molecular weight excluding hydrogens is 586 g/mol. The fourth-order valence-electron chi connectivity index (χ4n) is 5.12. The zero-order chi connectivity index (χ0) is 31.5. The Morgan fingerprint density at radius 1 is 0.841 bits per heavy atom. The molecule has 2 aliphatic heterocycles. The number of nitro groups is 1. The highest BCUT2D eigenvalue weighted by molar-refractivity contribution is 7.81. The van der Waals surface area contributed by atoms with E-state index in [1.54, 1.807) is 59.5 Å². The van der Waals surface area contributed by atoms with Gasteiger partial charge in [-0.3, -0.25) is 34.3 Å². The number of hydrogen-bond acceptors (Lipinski definition) is 9. The fraction of sp³-hybridized carbons (Fsp3) is 0.226. The molecule has 0 radical (unpaired) electrons. The molecule has 0 spiro atoms. The third-order valence-corrected chi connectivity index (χ3v) is 7.86. The number of carbonyl (C=O) groups excluding carboxylic acids is 3. The number of nitro benzene ring substituents is 1. The number of amides is 3. The highest BCUT2D eigenvalue weighted by Gasteiger charge is 2.41. The Labute approximate surface area is 258 Å². The van der Waals surface area contributed by atoms with Crippen LogP contribution in [-0.4, -0.2) is 73.1 Å². The Bertz CT molecular complexity index is 1590. The van der Waals surface area contributed by atoms with Crippen molar-refractivity contribution < 1.29 is 28.8 Å². The quantitative estimate of drug-likeness (QED) is 0.127. The minimum atomic E-state index is -0.686. The summed E-state index contributed by atoms with van der Waals surface area (Å²) >= 11 is 5.71. The lowest BCUT2D eigenvalue weighted by molar-refractivity contribution is -0.384. The van der Waals surface area contributed by atoms with Crippen molar-refractivity contribution in [2.75, 3.05) is 55.1 Å². The Kier molecular flexibility index (Phi) is 8.58. The molecule has 2 fully saturated rings. The molecule has 2 saturated heterocycles. The number of hydrogen-bond donors (Lipinski definition) is 0. The van der Waals surface area contributed by atoms with Crippen molar-refractivity contribution in [2.45, 2.75) is 6.92 Å². The van der Waals surface area contributed by atoms with Gasteiger partial charge < -0.3 is 19.3 Å². The van der Waals surface area contributed by atoms with E-state index < -0.39 is 16.7 Å². The van der Waals surface area contributed by atoms with Crippen LogP contribution in [0.4, 0.5) is 22.7 Å². The molecule has 0 N–H and O–H groups in total. The summed E-state index contributed by atoms with van der Waals surface area (Å²) in [6.45, 7) is 3.37. The minimum absolute atomic E-state index is 0.0395. The van der Waals surface area contributed by atoms with Crippen LogP contribution in [0.2, 0.25) is 0 Å². The molecule has 0 unspecified atom stereocenters. The first kappa shape index (κ1) is 30.2. The maximum Gasteiger partial charge on any atom is 0.270 e. The van der Waals surface area contributed by atoms with Crippen LogP contribution in [0.1, 0.15) is 12.5 Å². The van der Waals surface area contributed by atoms with Crippen molar-refractivity contribution in [2.24, 2.45) is 0 Å². The number of thiocarbonyl (C=S) groups is 1. The van der Waals surface area contributed by atoms with Gasteiger partial charge >= 0.3 is 0 Å². The Balaban J connectivity index is 1.63. The molecule has 226 valence electrons. The number of carbonyl (C=O) groups is 3. The second kappa shape index (κ2) is 12.5. The van der Waals surface area contributed by atoms with E-state index in [4.69, 9.17) is 21.7 Å². The van der Waals surface area contributed by atoms with E-state index in [0.29, 0.717) is 60.3 Å². The molecule has 13 heteroatoms. The fourth-order valence-corrected chi connectivity index (χ4v) is 5.50. The molecule has 0 aliphatic carbocycles. The van der Waals surface area contributed by atoms with Gasteiger partial charge in [0, 0.05) is 56.5 Å². The summed E-state index contributed by atoms with van der Waals surface area (Å²) in [5, 5.41) is 11.7. The van der Waals surface area contributed by atoms with Crippen molar-refractivity contribution >= 4 is 63.9 Å². The highest BCUT2D eigenvalue weighted by atomic mass is 32.1. The SMILES string of the molecule is COc1ccc(N2C(=O)C(=Cc3cc([N+](=O)[O-])ccc3N3CCN(C(C)=O)CC3)C(=O)N(c3ccc(OC)cc3)C2=S)cc1. The summed E-state index contributed by atoms with van der Waals surface area (Å²) in [5.41, 5.74) is 1.26. The van der Waals surface area contributed by atoms with E-state index in [1.807, 2.05) is 4.90 Å². The smallest absolute Gasteiger partial charge is 0.270 e. The largest absolute Gasteiger partial charge is 0.497 e. The Morgan fingerprint density at radius 2 is 1.34 bits per heavy atom. The van der Waals surface area contributed by atoms with Crippen molar-refractivity contribution in [3.05, 3.63) is 88.0 Å². The monoisotopic (exact) mass is 615 g/mol. The number of benzene rings is 3. The molecule has 12 nitrogen and oxygen atoms in total. The molecular formula is C31H29N5O7S. The maximum absolute atomic E-state index is 14.1. The van der Waals surface area contributed by atoms with Gasteiger partial charge in [0.25, 0.3) is 17.5 Å². The van der Waals surface area contributed by atoms with Gasteiger partial charge in [0.05, 0.1) is 30.5 Å². The molecule has 0 bridgehead atoms. The number of nitrogens with zero attached hydrogens (tertiary/aromatic N) is 5. The van der Waals surface area contributed by atoms with Crippen LogP contribution in [0.3, 0.4) is 0 Å². The summed E-state index contributed by atoms with van der Waals surface area (Å²) in [6.07, 6.45) is 1.37. The van der Waals surface area contributed by atoms with Gasteiger partial charge in [-0.15, -0.1) is 0 Å². The standard InChI is InChI=1S/C31H29N5O7S/c1-20(37)32-14-16-33(17-15-32)28-13-8-24(36(40)41)18-21(28)19-27-29(38)34(22-4-9-25(42-2)10-5-22)31(44)35(30(27)39)23-6-11-26(43-3)12-7-23/h4-13,18-19H,14-17H2,1-3H3. The van der Waals surface area contributed by atoms with Crippen LogP contribution in [0, 0.1) is 10.1 Å². The number of piperazine rings is 1. The molecule has 3 amide bonds. The first-order valence-electron chi connectivity index (χ1n) is 13.6. The average Bonchev–Trinajstić information content (AvgIpc) is 3.03. The first-order valence-corrected chi connectivity index (χ1v) is 14.1. The van der Waals surface area contributed by atoms with Gasteiger partial charge in [-0.2, -0.15) is 0 Å². The van der Waals surface area contributed by atoms with Crippen LogP contribution in [0.5, 0.6) is 11.5 Å². The Morgan fingerprint density at radius 3 is 1.77 bits per heavy atom. The van der Waals surface area contributed by atoms with E-state index in [2.05, 4.69) is 0 Å². The number of anilines is 3. The van der Waals surface area contributed by atoms with Crippen LogP contribution in [-0.2, 0) is 14.4 Å². The number of rotatable bonds is 7. The molecule has 0 atom stereocenters. The van der Waals surface area contributed by atoms with Gasteiger partial charge in [-0.1, -0.05) is 0 Å². The van der Waals surface area contributed by atoms with E-state index in [0.717, 1.165) is 0 Å². The summed E-state index contributed by atoms with van der Waals surface area (Å²) < 4.78 is 10.5. The molecule has 0 saturated carbocycles. The molecule has 44 heavy (non-hydrogen) atoms. The van der Waals surface area contributed by atoms with Gasteiger partial charge in [0.1, 0.15) is 17.1 Å². The summed E-state index contributed by atoms with van der Waals surface area (Å²) in [6, 6.07) is 17.6. The second-order valence-electron chi connectivity index (χ2n) is 10.0. The maximum atomic E-state index is 14.1. The summed E-state index contributed by atoms with van der Waals surface area (Å²) in [7, 11) is 3.04. The highest BCUT2D eigenvalue weighted by Crippen LogP contribution is 2.34. The summed E-state index contributed by atoms with van der Waals surface area (Å²) in [4.78, 5) is 57.4. The molecule has 3 aromatic carbocycles. The van der Waals surface area contributed by atoms with Crippen LogP contribution in [0.15, 0.2) is 72.3 Å². The molecule has 2 heterocycles. The molecule has 3 aromatic rings. The lowest BCUT2D eigenvalue weighted by Gasteiger charge is -2.37. The van der Waals surface area contributed by atoms with Crippen molar-refractivity contribution in [1.29, 1.82) is 0 Å². The van der Waals surface area contributed by atoms with Crippen LogP contribution >= 0.6 is 12.2 Å². The predicted molar refractivity (Wildman–Crippen MR) is 169 cm³/mol. The van der Waals surface area contributed by atoms with Gasteiger partial charge in [-0.25, -0.2) is 0 Å². The second-order valence-corrected chi connectivity index (χ2v) is 10.4. The van der Waals surface area contributed by atoms with E-state index in [9.17, 15) is 24.5 Å². The Hall–Kier alpha value is -5.30. The van der Waals surface area contributed by atoms with Crippen molar-refractivity contribution in [3.8, 4) is 11.5 Å². The third-order valence-electron chi connectivity index (χ3n) is 7.50. The topological polar surface area (TPSA) is 126 Å². The summed E-state index contributed by atoms with van der Waals surface area (Å²) in [5.74, 6) is -0.284. The normalized spacial score (nSPS) is 15.4. The predicted octanol–water partition coefficient (Wildman–Crippen LogP) is 4.03. The number of methoxy groups -OCH3 is 2. The van der Waals surface area contributed by atoms with E-state index in [1.165, 1.54) is 49.2 Å². The zero-order valence-corrected chi connectivity index (χ0v) is 25.1. The van der Waals surface area contributed by atoms with Crippen molar-refractivity contribution in [3.63, 3.8) is 0 Å². The van der Waals surface area contributed by atoms with Crippen LogP contribution in [0.25, 0.3) is 6.08 Å². The lowest BCUT2D eigenvalue weighted by Crippen LogP contribution is -2.57. The first-order chi connectivity index (χ1) is 21.1.